The zero-order valence-corrected chi connectivity index (χ0v) is 27.5. The van der Waals surface area contributed by atoms with Gasteiger partial charge in [-0.1, -0.05) is 61.3 Å². The number of nitrogens with zero attached hydrogens (tertiary/aromatic N) is 1. The fourth-order valence-electron chi connectivity index (χ4n) is 12.0. The van der Waals surface area contributed by atoms with Crippen molar-refractivity contribution in [2.75, 3.05) is 13.1 Å². The minimum atomic E-state index is -0.737. The molecule has 0 aromatic carbocycles. The highest BCUT2D eigenvalue weighted by Crippen LogP contribution is 2.87. The lowest BCUT2D eigenvalue weighted by Gasteiger charge is -2.57. The molecule has 0 bridgehead atoms. The first-order chi connectivity index (χ1) is 19.8. The summed E-state index contributed by atoms with van der Waals surface area (Å²) in [5.41, 5.74) is 7.13. The fourth-order valence-corrected chi connectivity index (χ4v) is 12.0. The van der Waals surface area contributed by atoms with E-state index in [1.165, 1.54) is 12.8 Å². The zero-order chi connectivity index (χ0) is 30.4. The van der Waals surface area contributed by atoms with E-state index in [0.717, 1.165) is 64.5 Å². The Bertz CT molecular complexity index is 1030. The number of unbranched alkanes of at least 4 members (excludes halogenated alkanes) is 1. The molecular formula is C35H60N2O5. The maximum atomic E-state index is 12.8. The van der Waals surface area contributed by atoms with Crippen molar-refractivity contribution < 1.29 is 24.5 Å². The predicted octanol–water partition coefficient (Wildman–Crippen LogP) is 5.75. The predicted molar refractivity (Wildman–Crippen MR) is 164 cm³/mol. The molecule has 2 heterocycles. The number of hydrogen-bond acceptors (Lipinski definition) is 6. The molecule has 4 aliphatic carbocycles. The van der Waals surface area contributed by atoms with Crippen LogP contribution in [0.3, 0.4) is 0 Å². The van der Waals surface area contributed by atoms with Crippen LogP contribution in [0.15, 0.2) is 0 Å². The maximum Gasteiger partial charge on any atom is 0.410 e. The monoisotopic (exact) mass is 588 g/mol. The highest BCUT2D eigenvalue weighted by molar-refractivity contribution is 5.68. The van der Waals surface area contributed by atoms with E-state index in [9.17, 15) is 15.0 Å². The number of likely N-dealkylation sites (tertiary alicyclic amines) is 1. The lowest BCUT2D eigenvalue weighted by Crippen LogP contribution is -2.62. The van der Waals surface area contributed by atoms with Crippen LogP contribution in [-0.4, -0.2) is 70.4 Å². The van der Waals surface area contributed by atoms with Crippen LogP contribution < -0.4 is 5.73 Å². The van der Waals surface area contributed by atoms with Crippen molar-refractivity contribution in [2.45, 2.75) is 149 Å². The number of aliphatic hydroxyl groups is 2. The first-order valence-electron chi connectivity index (χ1n) is 17.5. The molecule has 2 aliphatic heterocycles. The van der Waals surface area contributed by atoms with E-state index in [4.69, 9.17) is 15.2 Å². The van der Waals surface area contributed by atoms with E-state index in [-0.39, 0.29) is 64.5 Å². The SMILES string of the molecule is CCCCC12C(C3(N)CC4C(C)CC(C(OC(=O)N5CCC5)C(C)C)OC4C3O)CCC3C(C)(C)C(O)CCC31C2C. The molecule has 1 amide bonds. The van der Waals surface area contributed by atoms with Crippen LogP contribution in [0.1, 0.15) is 113 Å². The first-order valence-corrected chi connectivity index (χ1v) is 17.5. The van der Waals surface area contributed by atoms with Crippen molar-refractivity contribution in [2.24, 2.45) is 57.5 Å². The van der Waals surface area contributed by atoms with Gasteiger partial charge in [0, 0.05) is 18.6 Å². The molecule has 13 atom stereocenters. The number of amides is 1. The van der Waals surface area contributed by atoms with E-state index < -0.39 is 11.6 Å². The van der Waals surface area contributed by atoms with Gasteiger partial charge in [0.05, 0.1) is 24.4 Å². The number of carbonyl (C=O) groups is 1. The van der Waals surface area contributed by atoms with Crippen LogP contribution in [0.25, 0.3) is 0 Å². The molecule has 13 unspecified atom stereocenters. The van der Waals surface area contributed by atoms with Crippen LogP contribution in [0.2, 0.25) is 0 Å². The van der Waals surface area contributed by atoms with Crippen molar-refractivity contribution in [1.82, 2.24) is 4.90 Å². The van der Waals surface area contributed by atoms with Gasteiger partial charge in [-0.15, -0.1) is 0 Å². The molecule has 0 aromatic heterocycles. The van der Waals surface area contributed by atoms with Gasteiger partial charge >= 0.3 is 6.09 Å². The lowest BCUT2D eigenvalue weighted by atomic mass is 9.49. The van der Waals surface area contributed by atoms with E-state index in [0.29, 0.717) is 17.8 Å². The minimum absolute atomic E-state index is 0.0975. The highest BCUT2D eigenvalue weighted by Gasteiger charge is 2.84. The Morgan fingerprint density at radius 2 is 1.81 bits per heavy atom. The molecule has 7 heteroatoms. The normalized spacial score (nSPS) is 49.9. The fraction of sp³-hybridized carbons (Fsp3) is 0.971. The van der Waals surface area contributed by atoms with Crippen molar-refractivity contribution in [1.29, 1.82) is 0 Å². The van der Waals surface area contributed by atoms with E-state index in [2.05, 4.69) is 48.5 Å². The van der Waals surface area contributed by atoms with Crippen LogP contribution in [-0.2, 0) is 9.47 Å². The summed E-state index contributed by atoms with van der Waals surface area (Å²) in [6, 6.07) is 0. The van der Waals surface area contributed by atoms with Crippen LogP contribution >= 0.6 is 0 Å². The Morgan fingerprint density at radius 3 is 2.43 bits per heavy atom. The zero-order valence-electron chi connectivity index (χ0n) is 27.5. The van der Waals surface area contributed by atoms with Gasteiger partial charge < -0.3 is 30.3 Å². The molecule has 7 nitrogen and oxygen atoms in total. The van der Waals surface area contributed by atoms with Crippen LogP contribution in [0.4, 0.5) is 4.79 Å². The minimum Gasteiger partial charge on any atom is -0.443 e. The number of aliphatic hydroxyl groups excluding tert-OH is 2. The van der Waals surface area contributed by atoms with Crippen molar-refractivity contribution in [3.8, 4) is 0 Å². The largest absolute Gasteiger partial charge is 0.443 e. The first kappa shape index (κ1) is 31.1. The quantitative estimate of drug-likeness (QED) is 0.350. The van der Waals surface area contributed by atoms with Gasteiger partial charge in [0.25, 0.3) is 0 Å². The third kappa shape index (κ3) is 4.14. The lowest BCUT2D eigenvalue weighted by molar-refractivity contribution is -0.178. The average molecular weight is 589 g/mol. The molecule has 4 saturated carbocycles. The highest BCUT2D eigenvalue weighted by atomic mass is 16.6. The number of hydrogen-bond donors (Lipinski definition) is 3. The smallest absolute Gasteiger partial charge is 0.410 e. The molecule has 1 spiro atoms. The molecule has 6 aliphatic rings. The Kier molecular flexibility index (Phi) is 7.84. The maximum absolute atomic E-state index is 12.8. The van der Waals surface area contributed by atoms with E-state index in [1.807, 2.05) is 0 Å². The molecular weight excluding hydrogens is 528 g/mol. The Morgan fingerprint density at radius 1 is 1.12 bits per heavy atom. The second-order valence-electron chi connectivity index (χ2n) is 16.7. The van der Waals surface area contributed by atoms with Gasteiger partial charge in [0.15, 0.2) is 0 Å². The van der Waals surface area contributed by atoms with Gasteiger partial charge in [-0.25, -0.2) is 4.79 Å². The van der Waals surface area contributed by atoms with Crippen LogP contribution in [0.5, 0.6) is 0 Å². The van der Waals surface area contributed by atoms with Crippen molar-refractivity contribution >= 4 is 6.09 Å². The molecule has 42 heavy (non-hydrogen) atoms. The van der Waals surface area contributed by atoms with Gasteiger partial charge in [-0.3, -0.25) is 0 Å². The number of carbonyl (C=O) groups excluding carboxylic acids is 1. The number of rotatable bonds is 7. The van der Waals surface area contributed by atoms with Crippen molar-refractivity contribution in [3.63, 3.8) is 0 Å². The summed E-state index contributed by atoms with van der Waals surface area (Å²) in [5.74, 6) is 1.94. The summed E-state index contributed by atoms with van der Waals surface area (Å²) < 4.78 is 12.9. The van der Waals surface area contributed by atoms with Gasteiger partial charge in [0.1, 0.15) is 6.10 Å². The van der Waals surface area contributed by atoms with Gasteiger partial charge in [-0.05, 0) is 103 Å². The standard InChI is InChI=1S/C35H60N2O5/c1-8-9-14-33-22(5)34(33)15-13-27(38)32(6,7)25(34)11-12-26(33)35(36)19-23-21(4)18-24(41-29(23)30(35)39)28(20(2)3)42-31(40)37-16-10-17-37/h20-30,38-39H,8-19,36H2,1-7H3. The number of nitrogens with two attached hydrogens (primary N) is 1. The third-order valence-corrected chi connectivity index (χ3v) is 14.4. The topological polar surface area (TPSA) is 105 Å². The Balaban J connectivity index is 1.28. The molecule has 0 radical (unpaired) electrons. The Hall–Kier alpha value is -0.890. The average Bonchev–Trinajstić information content (AvgIpc) is 3.32. The molecule has 6 fully saturated rings. The summed E-state index contributed by atoms with van der Waals surface area (Å²) in [5, 5.41) is 23.4. The Labute approximate surface area is 254 Å². The van der Waals surface area contributed by atoms with Crippen LogP contribution in [0, 0.1) is 51.8 Å². The number of fused-ring (bicyclic) bond motifs is 1. The molecule has 4 N–H and O–H groups in total. The second-order valence-corrected chi connectivity index (χ2v) is 16.7. The van der Waals surface area contributed by atoms with E-state index >= 15 is 0 Å². The van der Waals surface area contributed by atoms with E-state index in [1.54, 1.807) is 4.90 Å². The molecule has 240 valence electrons. The third-order valence-electron chi connectivity index (χ3n) is 14.4. The summed E-state index contributed by atoms with van der Waals surface area (Å²) in [7, 11) is 0. The number of ether oxygens (including phenoxy) is 2. The molecule has 0 aromatic rings. The summed E-state index contributed by atoms with van der Waals surface area (Å²) >= 11 is 0. The van der Waals surface area contributed by atoms with Crippen molar-refractivity contribution in [3.05, 3.63) is 0 Å². The van der Waals surface area contributed by atoms with Gasteiger partial charge in [-0.2, -0.15) is 0 Å². The van der Waals surface area contributed by atoms with Gasteiger partial charge in [0.2, 0.25) is 0 Å². The molecule has 6 rings (SSSR count). The molecule has 2 saturated heterocycles. The summed E-state index contributed by atoms with van der Waals surface area (Å²) in [4.78, 5) is 14.6. The second kappa shape index (κ2) is 10.6. The summed E-state index contributed by atoms with van der Waals surface area (Å²) in [6.45, 7) is 17.4. The summed E-state index contributed by atoms with van der Waals surface area (Å²) in [6.07, 6.45) is 8.08.